The first-order valence-corrected chi connectivity index (χ1v) is 9.46. The summed E-state index contributed by atoms with van der Waals surface area (Å²) in [5, 5.41) is 3.12. The van der Waals surface area contributed by atoms with Gasteiger partial charge in [0.1, 0.15) is 0 Å². The zero-order chi connectivity index (χ0) is 16.2. The number of nitrogens with two attached hydrogens (primary N) is 1. The number of rotatable bonds is 4. The minimum Gasteiger partial charge on any atom is -0.353 e. The zero-order valence-electron chi connectivity index (χ0n) is 14.1. The van der Waals surface area contributed by atoms with Crippen molar-refractivity contribution >= 4 is 11.8 Å². The van der Waals surface area contributed by atoms with E-state index in [4.69, 9.17) is 5.73 Å². The number of hydrogen-bond acceptors (Lipinski definition) is 3. The topological polar surface area (TPSA) is 75.4 Å². The van der Waals surface area contributed by atoms with Gasteiger partial charge in [0.2, 0.25) is 11.8 Å². The smallest absolute Gasteiger partial charge is 0.223 e. The van der Waals surface area contributed by atoms with Crippen molar-refractivity contribution in [2.75, 3.05) is 13.1 Å². The molecule has 3 atom stereocenters. The van der Waals surface area contributed by atoms with Crippen molar-refractivity contribution in [1.29, 1.82) is 0 Å². The van der Waals surface area contributed by atoms with Crippen LogP contribution in [0.3, 0.4) is 0 Å². The van der Waals surface area contributed by atoms with Crippen LogP contribution < -0.4 is 11.1 Å². The molecule has 3 N–H and O–H groups in total. The third kappa shape index (κ3) is 4.25. The Balaban J connectivity index is 1.39. The maximum Gasteiger partial charge on any atom is 0.223 e. The monoisotopic (exact) mass is 321 g/mol. The number of likely N-dealkylation sites (tertiary alicyclic amines) is 1. The van der Waals surface area contributed by atoms with E-state index in [0.29, 0.717) is 30.7 Å². The Bertz CT molecular complexity index is 418. The SMILES string of the molecule is NC1[C@@H]2CC[C@H]1CN(C(=O)CCC(=O)NC1CCCCCC1)C2. The molecule has 2 aliphatic carbocycles. The molecule has 0 aromatic heterocycles. The van der Waals surface area contributed by atoms with Crippen LogP contribution in [0.5, 0.6) is 0 Å². The summed E-state index contributed by atoms with van der Waals surface area (Å²) < 4.78 is 0. The third-order valence-electron chi connectivity index (χ3n) is 6.05. The lowest BCUT2D eigenvalue weighted by Crippen LogP contribution is -2.50. The number of nitrogens with zero attached hydrogens (tertiary/aromatic N) is 1. The number of piperidine rings is 1. The molecule has 23 heavy (non-hydrogen) atoms. The average molecular weight is 321 g/mol. The summed E-state index contributed by atoms with van der Waals surface area (Å²) in [6, 6.07) is 0.599. The van der Waals surface area contributed by atoms with E-state index < -0.39 is 0 Å². The summed E-state index contributed by atoms with van der Waals surface area (Å²) in [6.07, 6.45) is 10.1. The van der Waals surface area contributed by atoms with E-state index in [1.807, 2.05) is 4.90 Å². The van der Waals surface area contributed by atoms with Crippen molar-refractivity contribution in [3.63, 3.8) is 0 Å². The van der Waals surface area contributed by atoms with Gasteiger partial charge in [-0.25, -0.2) is 0 Å². The average Bonchev–Trinajstić information content (AvgIpc) is 2.79. The first-order chi connectivity index (χ1) is 11.1. The molecule has 1 heterocycles. The molecule has 2 bridgehead atoms. The molecule has 130 valence electrons. The first-order valence-electron chi connectivity index (χ1n) is 9.46. The van der Waals surface area contributed by atoms with Crippen LogP contribution in [0.15, 0.2) is 0 Å². The zero-order valence-corrected chi connectivity index (χ0v) is 14.1. The maximum atomic E-state index is 12.4. The highest BCUT2D eigenvalue weighted by Crippen LogP contribution is 2.35. The minimum absolute atomic E-state index is 0.0435. The minimum atomic E-state index is 0.0435. The van der Waals surface area contributed by atoms with Crippen LogP contribution >= 0.6 is 0 Å². The summed E-state index contributed by atoms with van der Waals surface area (Å²) >= 11 is 0. The van der Waals surface area contributed by atoms with E-state index in [9.17, 15) is 9.59 Å². The lowest BCUT2D eigenvalue weighted by Gasteiger charge is -2.36. The van der Waals surface area contributed by atoms with Gasteiger partial charge in [-0.15, -0.1) is 0 Å². The highest BCUT2D eigenvalue weighted by Gasteiger charge is 2.40. The molecule has 5 nitrogen and oxygen atoms in total. The highest BCUT2D eigenvalue weighted by atomic mass is 16.2. The normalized spacial score (nSPS) is 31.7. The Morgan fingerprint density at radius 3 is 2.13 bits per heavy atom. The second kappa shape index (κ2) is 7.65. The molecule has 0 aromatic carbocycles. The molecule has 3 aliphatic rings. The lowest BCUT2D eigenvalue weighted by molar-refractivity contribution is -0.135. The van der Waals surface area contributed by atoms with E-state index in [1.54, 1.807) is 0 Å². The van der Waals surface area contributed by atoms with Gasteiger partial charge in [-0.2, -0.15) is 0 Å². The van der Waals surface area contributed by atoms with Crippen LogP contribution in [-0.2, 0) is 9.59 Å². The molecule has 0 aromatic rings. The molecule has 5 heteroatoms. The Morgan fingerprint density at radius 1 is 0.913 bits per heavy atom. The highest BCUT2D eigenvalue weighted by molar-refractivity contribution is 5.84. The van der Waals surface area contributed by atoms with Crippen LogP contribution in [0, 0.1) is 11.8 Å². The Labute approximate surface area is 139 Å². The van der Waals surface area contributed by atoms with Gasteiger partial charge in [0.05, 0.1) is 0 Å². The van der Waals surface area contributed by atoms with Gasteiger partial charge < -0.3 is 16.0 Å². The summed E-state index contributed by atoms with van der Waals surface area (Å²) in [6.45, 7) is 1.58. The molecule has 0 radical (unpaired) electrons. The van der Waals surface area contributed by atoms with Gasteiger partial charge >= 0.3 is 0 Å². The third-order valence-corrected chi connectivity index (χ3v) is 6.05. The molecule has 3 rings (SSSR count). The fourth-order valence-corrected chi connectivity index (χ4v) is 4.57. The number of fused-ring (bicyclic) bond motifs is 2. The van der Waals surface area contributed by atoms with Crippen LogP contribution in [0.2, 0.25) is 0 Å². The van der Waals surface area contributed by atoms with Gasteiger partial charge in [-0.1, -0.05) is 25.7 Å². The van der Waals surface area contributed by atoms with Crippen LogP contribution in [-0.4, -0.2) is 41.9 Å². The van der Waals surface area contributed by atoms with Crippen molar-refractivity contribution in [2.45, 2.75) is 76.3 Å². The van der Waals surface area contributed by atoms with Gasteiger partial charge in [0.15, 0.2) is 0 Å². The van der Waals surface area contributed by atoms with Crippen LogP contribution in [0.4, 0.5) is 0 Å². The number of amides is 2. The summed E-state index contributed by atoms with van der Waals surface area (Å²) in [7, 11) is 0. The van der Waals surface area contributed by atoms with Crippen molar-refractivity contribution in [3.05, 3.63) is 0 Å². The van der Waals surface area contributed by atoms with E-state index in [2.05, 4.69) is 5.32 Å². The Hall–Kier alpha value is -1.10. The van der Waals surface area contributed by atoms with Crippen LogP contribution in [0.25, 0.3) is 0 Å². The van der Waals surface area contributed by atoms with Gasteiger partial charge in [0, 0.05) is 38.0 Å². The second-order valence-electron chi connectivity index (χ2n) is 7.73. The Morgan fingerprint density at radius 2 is 1.52 bits per heavy atom. The maximum absolute atomic E-state index is 12.4. The van der Waals surface area contributed by atoms with Crippen molar-refractivity contribution in [2.24, 2.45) is 17.6 Å². The fraction of sp³-hybridized carbons (Fsp3) is 0.889. The van der Waals surface area contributed by atoms with Crippen molar-refractivity contribution in [1.82, 2.24) is 10.2 Å². The molecule has 0 spiro atoms. The molecule has 1 saturated heterocycles. The van der Waals surface area contributed by atoms with Gasteiger partial charge in [-0.05, 0) is 37.5 Å². The summed E-state index contributed by atoms with van der Waals surface area (Å²) in [4.78, 5) is 26.4. The van der Waals surface area contributed by atoms with Crippen molar-refractivity contribution < 1.29 is 9.59 Å². The second-order valence-corrected chi connectivity index (χ2v) is 7.73. The number of carbonyl (C=O) groups excluding carboxylic acids is 2. The van der Waals surface area contributed by atoms with E-state index in [1.165, 1.54) is 25.7 Å². The molecule has 2 saturated carbocycles. The van der Waals surface area contributed by atoms with E-state index >= 15 is 0 Å². The Kier molecular flexibility index (Phi) is 5.57. The predicted octanol–water partition coefficient (Wildman–Crippen LogP) is 1.80. The molecular weight excluding hydrogens is 290 g/mol. The van der Waals surface area contributed by atoms with Gasteiger partial charge in [0.25, 0.3) is 0 Å². The number of carbonyl (C=O) groups is 2. The van der Waals surface area contributed by atoms with E-state index in [-0.39, 0.29) is 17.9 Å². The van der Waals surface area contributed by atoms with Crippen LogP contribution in [0.1, 0.15) is 64.2 Å². The molecule has 1 aliphatic heterocycles. The molecule has 1 unspecified atom stereocenters. The fourth-order valence-electron chi connectivity index (χ4n) is 4.57. The van der Waals surface area contributed by atoms with Gasteiger partial charge in [-0.3, -0.25) is 9.59 Å². The summed E-state index contributed by atoms with van der Waals surface area (Å²) in [5.41, 5.74) is 6.18. The summed E-state index contributed by atoms with van der Waals surface area (Å²) in [5.74, 6) is 1.11. The number of hydrogen-bond donors (Lipinski definition) is 2. The van der Waals surface area contributed by atoms with Crippen molar-refractivity contribution in [3.8, 4) is 0 Å². The molecule has 2 amide bonds. The molecular formula is C18H31N3O2. The lowest BCUT2D eigenvalue weighted by atomic mass is 9.93. The number of nitrogens with one attached hydrogen (secondary N) is 1. The largest absolute Gasteiger partial charge is 0.353 e. The van der Waals surface area contributed by atoms with E-state index in [0.717, 1.165) is 38.8 Å². The first kappa shape index (κ1) is 16.7. The quantitative estimate of drug-likeness (QED) is 0.775. The standard InChI is InChI=1S/C18H31N3O2/c19-18-13-7-8-14(18)12-21(11-13)17(23)10-9-16(22)20-15-5-3-1-2-4-6-15/h13-15,18H,1-12,19H2,(H,20,22)/t13-,14+,18?. The predicted molar refractivity (Wildman–Crippen MR) is 89.6 cm³/mol. The molecule has 3 fully saturated rings.